The molecular formula is C15H15ClFNO2S. The number of sulfone groups is 1. The quantitative estimate of drug-likeness (QED) is 0.917. The smallest absolute Gasteiger partial charge is 0.175 e. The topological polar surface area (TPSA) is 46.2 Å². The van der Waals surface area contributed by atoms with Crippen LogP contribution in [0.5, 0.6) is 0 Å². The highest BCUT2D eigenvalue weighted by Crippen LogP contribution is 2.15. The van der Waals surface area contributed by atoms with E-state index >= 15 is 0 Å². The Balaban J connectivity index is 1.94. The molecular weight excluding hydrogens is 313 g/mol. The van der Waals surface area contributed by atoms with Crippen molar-refractivity contribution in [1.29, 1.82) is 0 Å². The van der Waals surface area contributed by atoms with Gasteiger partial charge in [0.05, 0.1) is 4.90 Å². The number of hydrogen-bond donors (Lipinski definition) is 1. The maximum Gasteiger partial charge on any atom is 0.175 e. The Bertz CT molecular complexity index is 730. The maximum absolute atomic E-state index is 13.6. The van der Waals surface area contributed by atoms with Gasteiger partial charge in [0.2, 0.25) is 0 Å². The third-order valence-corrected chi connectivity index (χ3v) is 4.37. The van der Waals surface area contributed by atoms with E-state index in [1.54, 1.807) is 36.4 Å². The molecule has 2 rings (SSSR count). The first-order chi connectivity index (χ1) is 9.86. The predicted molar refractivity (Wildman–Crippen MR) is 81.5 cm³/mol. The first-order valence-corrected chi connectivity index (χ1v) is 8.57. The summed E-state index contributed by atoms with van der Waals surface area (Å²) in [4.78, 5) is 0.287. The molecule has 0 saturated carbocycles. The van der Waals surface area contributed by atoms with Gasteiger partial charge >= 0.3 is 0 Å². The molecule has 0 aliphatic carbocycles. The fraction of sp³-hybridized carbons (Fsp3) is 0.200. The Morgan fingerprint density at radius 1 is 1.10 bits per heavy atom. The lowest BCUT2D eigenvalue weighted by atomic mass is 10.2. The normalized spacial score (nSPS) is 11.6. The van der Waals surface area contributed by atoms with Crippen LogP contribution >= 0.6 is 11.6 Å². The zero-order valence-electron chi connectivity index (χ0n) is 11.4. The van der Waals surface area contributed by atoms with Gasteiger partial charge in [-0.05, 0) is 29.8 Å². The summed E-state index contributed by atoms with van der Waals surface area (Å²) in [6.45, 7) is 0.892. The van der Waals surface area contributed by atoms with E-state index in [-0.39, 0.29) is 10.7 Å². The van der Waals surface area contributed by atoms with Crippen molar-refractivity contribution in [2.24, 2.45) is 0 Å². The van der Waals surface area contributed by atoms with Crippen molar-refractivity contribution in [3.63, 3.8) is 0 Å². The van der Waals surface area contributed by atoms with E-state index in [1.165, 1.54) is 12.3 Å². The molecule has 0 bridgehead atoms. The van der Waals surface area contributed by atoms with Crippen LogP contribution in [-0.4, -0.2) is 14.7 Å². The lowest BCUT2D eigenvalue weighted by Gasteiger charge is -2.07. The van der Waals surface area contributed by atoms with Gasteiger partial charge in [0, 0.05) is 29.9 Å². The Kier molecular flexibility index (Phi) is 4.98. The van der Waals surface area contributed by atoms with Crippen LogP contribution < -0.4 is 5.32 Å². The van der Waals surface area contributed by atoms with Crippen molar-refractivity contribution >= 4 is 21.4 Å². The van der Waals surface area contributed by atoms with Crippen molar-refractivity contribution in [2.75, 3.05) is 6.26 Å². The van der Waals surface area contributed by atoms with Crippen molar-refractivity contribution in [3.8, 4) is 0 Å². The molecule has 0 spiro atoms. The van der Waals surface area contributed by atoms with Gasteiger partial charge in [-0.15, -0.1) is 0 Å². The second kappa shape index (κ2) is 6.56. The van der Waals surface area contributed by atoms with E-state index in [2.05, 4.69) is 5.32 Å². The van der Waals surface area contributed by atoms with Crippen molar-refractivity contribution in [1.82, 2.24) is 5.32 Å². The van der Waals surface area contributed by atoms with Gasteiger partial charge in [-0.1, -0.05) is 29.8 Å². The molecule has 0 atom stereocenters. The lowest BCUT2D eigenvalue weighted by Crippen LogP contribution is -2.13. The van der Waals surface area contributed by atoms with Crippen molar-refractivity contribution < 1.29 is 12.8 Å². The Morgan fingerprint density at radius 3 is 2.33 bits per heavy atom. The maximum atomic E-state index is 13.6. The van der Waals surface area contributed by atoms with E-state index < -0.39 is 9.84 Å². The van der Waals surface area contributed by atoms with Gasteiger partial charge in [0.25, 0.3) is 0 Å². The van der Waals surface area contributed by atoms with E-state index in [0.29, 0.717) is 23.7 Å². The monoisotopic (exact) mass is 327 g/mol. The van der Waals surface area contributed by atoms with Crippen LogP contribution in [0.3, 0.4) is 0 Å². The van der Waals surface area contributed by atoms with Gasteiger partial charge in [-0.3, -0.25) is 0 Å². The minimum absolute atomic E-state index is 0.287. The standard InChI is InChI=1S/C15H15ClFNO2S/c1-21(19,20)14-6-2-11(3-7-14)9-18-10-12-4-5-13(16)8-15(12)17/h2-8,18H,9-10H2,1H3. The molecule has 0 saturated heterocycles. The lowest BCUT2D eigenvalue weighted by molar-refractivity contribution is 0.587. The Labute approximate surface area is 128 Å². The third-order valence-electron chi connectivity index (χ3n) is 3.01. The molecule has 6 heteroatoms. The molecule has 21 heavy (non-hydrogen) atoms. The SMILES string of the molecule is CS(=O)(=O)c1ccc(CNCc2ccc(Cl)cc2F)cc1. The summed E-state index contributed by atoms with van der Waals surface area (Å²) >= 11 is 5.69. The highest BCUT2D eigenvalue weighted by atomic mass is 35.5. The van der Waals surface area contributed by atoms with Crippen LogP contribution in [0, 0.1) is 5.82 Å². The first-order valence-electron chi connectivity index (χ1n) is 6.30. The van der Waals surface area contributed by atoms with Crippen LogP contribution in [0.1, 0.15) is 11.1 Å². The molecule has 0 aliphatic rings. The second-order valence-corrected chi connectivity index (χ2v) is 7.21. The molecule has 1 N–H and O–H groups in total. The van der Waals surface area contributed by atoms with Crippen LogP contribution in [0.4, 0.5) is 4.39 Å². The Morgan fingerprint density at radius 2 is 1.76 bits per heavy atom. The summed E-state index contributed by atoms with van der Waals surface area (Å²) in [6.07, 6.45) is 1.17. The summed E-state index contributed by atoms with van der Waals surface area (Å²) in [7, 11) is -3.18. The molecule has 0 aliphatic heterocycles. The van der Waals surface area contributed by atoms with Gasteiger partial charge in [0.1, 0.15) is 5.82 Å². The zero-order chi connectivity index (χ0) is 15.5. The highest BCUT2D eigenvalue weighted by Gasteiger charge is 2.06. The average molecular weight is 328 g/mol. The molecule has 2 aromatic carbocycles. The van der Waals surface area contributed by atoms with Gasteiger partial charge in [-0.2, -0.15) is 0 Å². The molecule has 3 nitrogen and oxygen atoms in total. The number of halogens is 2. The predicted octanol–water partition coefficient (Wildman–Crippen LogP) is 3.17. The number of hydrogen-bond acceptors (Lipinski definition) is 3. The Hall–Kier alpha value is -1.43. The van der Waals surface area contributed by atoms with E-state index in [4.69, 9.17) is 11.6 Å². The third kappa shape index (κ3) is 4.52. The molecule has 0 fully saturated rings. The minimum Gasteiger partial charge on any atom is -0.309 e. The van der Waals surface area contributed by atoms with Gasteiger partial charge in [0.15, 0.2) is 9.84 Å². The van der Waals surface area contributed by atoms with Crippen molar-refractivity contribution in [2.45, 2.75) is 18.0 Å². The molecule has 0 unspecified atom stereocenters. The summed E-state index contributed by atoms with van der Waals surface area (Å²) in [6, 6.07) is 11.2. The fourth-order valence-electron chi connectivity index (χ4n) is 1.86. The van der Waals surface area contributed by atoms with Crippen LogP contribution in [0.15, 0.2) is 47.4 Å². The number of benzene rings is 2. The van der Waals surface area contributed by atoms with E-state index in [0.717, 1.165) is 5.56 Å². The van der Waals surface area contributed by atoms with Crippen LogP contribution in [0.2, 0.25) is 5.02 Å². The molecule has 112 valence electrons. The largest absolute Gasteiger partial charge is 0.309 e. The van der Waals surface area contributed by atoms with Gasteiger partial charge < -0.3 is 5.32 Å². The molecule has 0 heterocycles. The van der Waals surface area contributed by atoms with E-state index in [1.807, 2.05) is 0 Å². The number of nitrogens with one attached hydrogen (secondary N) is 1. The average Bonchev–Trinajstić information content (AvgIpc) is 2.41. The van der Waals surface area contributed by atoms with Crippen LogP contribution in [-0.2, 0) is 22.9 Å². The first kappa shape index (κ1) is 15.9. The summed E-state index contributed by atoms with van der Waals surface area (Å²) in [5.74, 6) is -0.345. The minimum atomic E-state index is -3.18. The number of rotatable bonds is 5. The molecule has 2 aromatic rings. The summed E-state index contributed by atoms with van der Waals surface area (Å²) in [5.41, 5.74) is 1.46. The molecule has 0 radical (unpaired) electrons. The molecule has 0 amide bonds. The second-order valence-electron chi connectivity index (χ2n) is 4.76. The van der Waals surface area contributed by atoms with E-state index in [9.17, 15) is 12.8 Å². The summed E-state index contributed by atoms with van der Waals surface area (Å²) < 4.78 is 36.2. The molecule has 0 aromatic heterocycles. The highest BCUT2D eigenvalue weighted by molar-refractivity contribution is 7.90. The zero-order valence-corrected chi connectivity index (χ0v) is 13.0. The van der Waals surface area contributed by atoms with Crippen molar-refractivity contribution in [3.05, 3.63) is 64.4 Å². The summed E-state index contributed by atoms with van der Waals surface area (Å²) in [5, 5.41) is 3.47. The van der Waals surface area contributed by atoms with Crippen LogP contribution in [0.25, 0.3) is 0 Å². The van der Waals surface area contributed by atoms with Gasteiger partial charge in [-0.25, -0.2) is 12.8 Å². The fourth-order valence-corrected chi connectivity index (χ4v) is 2.65.